The fourth-order valence-corrected chi connectivity index (χ4v) is 3.57. The standard InChI is InChI=1S/C13H25N3OS/c1-11(16-8-6-14-7-9-16)12(17)15-10-13(18-2)4-3-5-13/h11,14H,3-10H2,1-2H3,(H,15,17). The van der Waals surface area contributed by atoms with Crippen LogP contribution in [0.5, 0.6) is 0 Å². The van der Waals surface area contributed by atoms with Crippen molar-refractivity contribution in [3.05, 3.63) is 0 Å². The topological polar surface area (TPSA) is 44.4 Å². The third-order valence-corrected chi connectivity index (χ3v) is 5.78. The molecule has 0 radical (unpaired) electrons. The van der Waals surface area contributed by atoms with Gasteiger partial charge in [0.2, 0.25) is 5.91 Å². The van der Waals surface area contributed by atoms with Gasteiger partial charge in [-0.2, -0.15) is 11.8 Å². The third kappa shape index (κ3) is 3.19. The van der Waals surface area contributed by atoms with Gasteiger partial charge in [0.25, 0.3) is 0 Å². The van der Waals surface area contributed by atoms with Crippen molar-refractivity contribution in [1.82, 2.24) is 15.5 Å². The van der Waals surface area contributed by atoms with E-state index in [0.717, 1.165) is 32.7 Å². The molecule has 1 atom stereocenters. The summed E-state index contributed by atoms with van der Waals surface area (Å²) in [5.74, 6) is 0.192. The van der Waals surface area contributed by atoms with Crippen molar-refractivity contribution >= 4 is 17.7 Å². The lowest BCUT2D eigenvalue weighted by Crippen LogP contribution is -2.54. The highest BCUT2D eigenvalue weighted by atomic mass is 32.2. The molecule has 0 bridgehead atoms. The van der Waals surface area contributed by atoms with Crippen LogP contribution in [0.2, 0.25) is 0 Å². The van der Waals surface area contributed by atoms with Crippen molar-refractivity contribution in [3.8, 4) is 0 Å². The summed E-state index contributed by atoms with van der Waals surface area (Å²) in [6.07, 6.45) is 5.96. The molecule has 1 unspecified atom stereocenters. The minimum Gasteiger partial charge on any atom is -0.353 e. The van der Waals surface area contributed by atoms with Crippen LogP contribution in [0, 0.1) is 0 Å². The minimum atomic E-state index is 0.00563. The highest BCUT2D eigenvalue weighted by Gasteiger charge is 2.36. The number of carbonyl (C=O) groups excluding carboxylic acids is 1. The minimum absolute atomic E-state index is 0.00563. The van der Waals surface area contributed by atoms with E-state index in [1.54, 1.807) is 0 Å². The van der Waals surface area contributed by atoms with Crippen LogP contribution in [-0.2, 0) is 4.79 Å². The first kappa shape index (κ1) is 14.2. The molecule has 1 saturated heterocycles. The van der Waals surface area contributed by atoms with E-state index in [-0.39, 0.29) is 11.9 Å². The second-order valence-electron chi connectivity index (χ2n) is 5.42. The molecular weight excluding hydrogens is 246 g/mol. The van der Waals surface area contributed by atoms with Crippen molar-refractivity contribution in [2.24, 2.45) is 0 Å². The van der Waals surface area contributed by atoms with E-state index in [4.69, 9.17) is 0 Å². The lowest BCUT2D eigenvalue weighted by Gasteiger charge is -2.41. The molecule has 0 aromatic heterocycles. The molecule has 2 aliphatic rings. The average molecular weight is 271 g/mol. The van der Waals surface area contributed by atoms with Crippen LogP contribution in [0.15, 0.2) is 0 Å². The van der Waals surface area contributed by atoms with E-state index in [0.29, 0.717) is 4.75 Å². The zero-order valence-electron chi connectivity index (χ0n) is 11.5. The first-order valence-corrected chi connectivity index (χ1v) is 8.17. The molecule has 18 heavy (non-hydrogen) atoms. The van der Waals surface area contributed by atoms with Crippen molar-refractivity contribution in [2.75, 3.05) is 39.0 Å². The van der Waals surface area contributed by atoms with E-state index >= 15 is 0 Å². The van der Waals surface area contributed by atoms with E-state index in [2.05, 4.69) is 21.8 Å². The van der Waals surface area contributed by atoms with Gasteiger partial charge in [0.05, 0.1) is 6.04 Å². The maximum absolute atomic E-state index is 12.2. The van der Waals surface area contributed by atoms with E-state index in [1.807, 2.05) is 18.7 Å². The molecule has 1 heterocycles. The molecule has 2 rings (SSSR count). The van der Waals surface area contributed by atoms with Crippen molar-refractivity contribution < 1.29 is 4.79 Å². The summed E-state index contributed by atoms with van der Waals surface area (Å²) in [6.45, 7) is 6.79. The Hall–Kier alpha value is -0.260. The second kappa shape index (κ2) is 6.26. The lowest BCUT2D eigenvalue weighted by atomic mass is 9.84. The van der Waals surface area contributed by atoms with E-state index in [9.17, 15) is 4.79 Å². The Balaban J connectivity index is 1.76. The van der Waals surface area contributed by atoms with Gasteiger partial charge in [-0.1, -0.05) is 6.42 Å². The molecule has 1 saturated carbocycles. The smallest absolute Gasteiger partial charge is 0.237 e. The first-order chi connectivity index (χ1) is 8.67. The molecule has 4 nitrogen and oxygen atoms in total. The van der Waals surface area contributed by atoms with Gasteiger partial charge < -0.3 is 10.6 Å². The van der Waals surface area contributed by atoms with Gasteiger partial charge in [-0.05, 0) is 26.0 Å². The highest BCUT2D eigenvalue weighted by Crippen LogP contribution is 2.42. The third-order valence-electron chi connectivity index (χ3n) is 4.36. The second-order valence-corrected chi connectivity index (χ2v) is 6.69. The van der Waals surface area contributed by atoms with Crippen LogP contribution >= 0.6 is 11.8 Å². The van der Waals surface area contributed by atoms with Crippen LogP contribution in [0.1, 0.15) is 26.2 Å². The fraction of sp³-hybridized carbons (Fsp3) is 0.923. The largest absolute Gasteiger partial charge is 0.353 e. The molecule has 0 aromatic rings. The van der Waals surface area contributed by atoms with Gasteiger partial charge in [0.1, 0.15) is 0 Å². The Bertz CT molecular complexity index is 282. The normalized spacial score (nSPS) is 25.2. The number of rotatable bonds is 5. The predicted octanol–water partition coefficient (Wildman–Crippen LogP) is 0.682. The van der Waals surface area contributed by atoms with Crippen molar-refractivity contribution in [1.29, 1.82) is 0 Å². The van der Waals surface area contributed by atoms with Crippen LogP contribution in [0.4, 0.5) is 0 Å². The Morgan fingerprint density at radius 1 is 1.44 bits per heavy atom. The highest BCUT2D eigenvalue weighted by molar-refractivity contribution is 8.00. The molecule has 1 amide bonds. The van der Waals surface area contributed by atoms with E-state index in [1.165, 1.54) is 19.3 Å². The van der Waals surface area contributed by atoms with Crippen molar-refractivity contribution in [3.63, 3.8) is 0 Å². The van der Waals surface area contributed by atoms with Crippen LogP contribution < -0.4 is 10.6 Å². The van der Waals surface area contributed by atoms with Gasteiger partial charge in [-0.25, -0.2) is 0 Å². The van der Waals surface area contributed by atoms with E-state index < -0.39 is 0 Å². The SMILES string of the molecule is CSC1(CNC(=O)C(C)N2CCNCC2)CCC1. The molecule has 0 spiro atoms. The Morgan fingerprint density at radius 2 is 2.11 bits per heavy atom. The molecule has 2 fully saturated rings. The number of hydrogen-bond donors (Lipinski definition) is 2. The summed E-state index contributed by atoms with van der Waals surface area (Å²) in [5.41, 5.74) is 0. The number of amides is 1. The summed E-state index contributed by atoms with van der Waals surface area (Å²) in [4.78, 5) is 14.4. The zero-order valence-corrected chi connectivity index (χ0v) is 12.3. The molecule has 104 valence electrons. The number of thioether (sulfide) groups is 1. The fourth-order valence-electron chi connectivity index (χ4n) is 2.66. The number of piperazine rings is 1. The summed E-state index contributed by atoms with van der Waals surface area (Å²) >= 11 is 1.91. The number of nitrogens with one attached hydrogen (secondary N) is 2. The molecule has 5 heteroatoms. The lowest BCUT2D eigenvalue weighted by molar-refractivity contribution is -0.126. The number of hydrogen-bond acceptors (Lipinski definition) is 4. The molecule has 1 aliphatic heterocycles. The maximum atomic E-state index is 12.2. The summed E-state index contributed by atoms with van der Waals surface area (Å²) < 4.78 is 0.332. The monoisotopic (exact) mass is 271 g/mol. The van der Waals surface area contributed by atoms with Crippen LogP contribution in [0.25, 0.3) is 0 Å². The number of nitrogens with zero attached hydrogens (tertiary/aromatic N) is 1. The average Bonchev–Trinajstić information content (AvgIpc) is 2.38. The molecule has 1 aliphatic carbocycles. The summed E-state index contributed by atoms with van der Waals surface area (Å²) in [5, 5.41) is 6.47. The first-order valence-electron chi connectivity index (χ1n) is 6.94. The summed E-state index contributed by atoms with van der Waals surface area (Å²) in [6, 6.07) is 0.00563. The molecular formula is C13H25N3OS. The van der Waals surface area contributed by atoms with Crippen molar-refractivity contribution in [2.45, 2.75) is 37.0 Å². The predicted molar refractivity (Wildman–Crippen MR) is 77.0 cm³/mol. The Morgan fingerprint density at radius 3 is 2.61 bits per heavy atom. The van der Waals surface area contributed by atoms with Crippen LogP contribution in [-0.4, -0.2) is 60.6 Å². The summed E-state index contributed by atoms with van der Waals surface area (Å²) in [7, 11) is 0. The van der Waals surface area contributed by atoms with Gasteiger partial charge in [0, 0.05) is 37.5 Å². The molecule has 2 N–H and O–H groups in total. The zero-order chi connectivity index (χ0) is 13.0. The van der Waals surface area contributed by atoms with Crippen LogP contribution in [0.3, 0.4) is 0 Å². The van der Waals surface area contributed by atoms with Gasteiger partial charge in [-0.15, -0.1) is 0 Å². The van der Waals surface area contributed by atoms with Gasteiger partial charge >= 0.3 is 0 Å². The van der Waals surface area contributed by atoms with Gasteiger partial charge in [0.15, 0.2) is 0 Å². The van der Waals surface area contributed by atoms with Gasteiger partial charge in [-0.3, -0.25) is 9.69 Å². The maximum Gasteiger partial charge on any atom is 0.237 e. The quantitative estimate of drug-likeness (QED) is 0.772. The Labute approximate surface area is 114 Å². The Kier molecular flexibility index (Phi) is 4.92. The number of carbonyl (C=O) groups is 1. The molecule has 0 aromatic carbocycles.